The monoisotopic (exact) mass is 362 g/mol. The molecule has 1 aromatic heterocycles. The molecule has 7 heteroatoms. The van der Waals surface area contributed by atoms with E-state index < -0.39 is 5.91 Å². The molecule has 0 aliphatic rings. The summed E-state index contributed by atoms with van der Waals surface area (Å²) in [5.74, 6) is 0.518. The lowest BCUT2D eigenvalue weighted by molar-refractivity contribution is -0.123. The van der Waals surface area contributed by atoms with Crippen LogP contribution in [0, 0.1) is 6.92 Å². The van der Waals surface area contributed by atoms with Gasteiger partial charge in [-0.1, -0.05) is 6.92 Å². The summed E-state index contributed by atoms with van der Waals surface area (Å²) in [6, 6.07) is 8.79. The Morgan fingerprint density at radius 1 is 1.04 bits per heavy atom. The minimum Gasteiger partial charge on any atom is -0.494 e. The molecule has 0 radical (unpaired) electrons. The summed E-state index contributed by atoms with van der Waals surface area (Å²) in [7, 11) is 0. The van der Waals surface area contributed by atoms with Crippen LogP contribution < -0.4 is 20.3 Å². The van der Waals surface area contributed by atoms with Crippen molar-refractivity contribution >= 4 is 23.2 Å². The van der Waals surface area contributed by atoms with Crippen molar-refractivity contribution in [1.82, 2.24) is 10.9 Å². The van der Waals surface area contributed by atoms with Gasteiger partial charge < -0.3 is 9.47 Å². The molecule has 0 saturated heterocycles. The number of benzene rings is 1. The predicted molar refractivity (Wildman–Crippen MR) is 97.1 cm³/mol. The van der Waals surface area contributed by atoms with E-state index in [-0.39, 0.29) is 12.5 Å². The van der Waals surface area contributed by atoms with Gasteiger partial charge in [-0.3, -0.25) is 20.4 Å². The number of hydrogen-bond acceptors (Lipinski definition) is 5. The average Bonchev–Trinajstić information content (AvgIpc) is 3.00. The van der Waals surface area contributed by atoms with Gasteiger partial charge in [0.15, 0.2) is 6.61 Å². The maximum Gasteiger partial charge on any atom is 0.279 e. The highest BCUT2D eigenvalue weighted by atomic mass is 32.1. The molecule has 134 valence electrons. The van der Waals surface area contributed by atoms with Gasteiger partial charge in [-0.05, 0) is 56.2 Å². The van der Waals surface area contributed by atoms with Crippen LogP contribution in [0.3, 0.4) is 0 Å². The van der Waals surface area contributed by atoms with Crippen molar-refractivity contribution in [2.24, 2.45) is 0 Å². The van der Waals surface area contributed by atoms with E-state index in [1.165, 1.54) is 11.3 Å². The second kappa shape index (κ2) is 9.08. The number of ether oxygens (including phenoxy) is 2. The van der Waals surface area contributed by atoms with Gasteiger partial charge >= 0.3 is 0 Å². The Morgan fingerprint density at radius 2 is 1.68 bits per heavy atom. The molecule has 2 N–H and O–H groups in total. The van der Waals surface area contributed by atoms with Gasteiger partial charge in [0.05, 0.1) is 11.5 Å². The number of thiophene rings is 1. The molecule has 1 heterocycles. The van der Waals surface area contributed by atoms with Gasteiger partial charge in [-0.25, -0.2) is 0 Å². The second-order valence-electron chi connectivity index (χ2n) is 5.27. The molecule has 25 heavy (non-hydrogen) atoms. The molecule has 2 rings (SSSR count). The largest absolute Gasteiger partial charge is 0.494 e. The maximum atomic E-state index is 12.0. The van der Waals surface area contributed by atoms with Crippen LogP contribution in [0.25, 0.3) is 0 Å². The van der Waals surface area contributed by atoms with E-state index >= 15 is 0 Å². The van der Waals surface area contributed by atoms with Gasteiger partial charge in [0.2, 0.25) is 0 Å². The fourth-order valence-corrected chi connectivity index (χ4v) is 3.16. The molecule has 0 spiro atoms. The Hall–Kier alpha value is -2.54. The molecule has 1 aromatic carbocycles. The summed E-state index contributed by atoms with van der Waals surface area (Å²) in [6.45, 7) is 6.31. The average molecular weight is 362 g/mol. The van der Waals surface area contributed by atoms with Crippen molar-refractivity contribution in [3.05, 3.63) is 45.6 Å². The number of aryl methyl sites for hydroxylation is 2. The van der Waals surface area contributed by atoms with Crippen molar-refractivity contribution in [1.29, 1.82) is 0 Å². The fourth-order valence-electron chi connectivity index (χ4n) is 2.15. The molecule has 2 amide bonds. The molecular formula is C18H22N2O4S. The molecule has 2 aromatic rings. The maximum absolute atomic E-state index is 12.0. The summed E-state index contributed by atoms with van der Waals surface area (Å²) >= 11 is 1.43. The minimum atomic E-state index is -0.439. The van der Waals surface area contributed by atoms with Gasteiger partial charge in [0.1, 0.15) is 11.5 Å². The predicted octanol–water partition coefficient (Wildman–Crippen LogP) is 2.86. The summed E-state index contributed by atoms with van der Waals surface area (Å²) in [6.07, 6.45) is 0.881. The number of amides is 2. The first-order valence-corrected chi connectivity index (χ1v) is 8.89. The Kier molecular flexibility index (Phi) is 6.82. The van der Waals surface area contributed by atoms with Crippen molar-refractivity contribution < 1.29 is 19.1 Å². The molecule has 0 saturated carbocycles. The lowest BCUT2D eigenvalue weighted by atomic mass is 10.2. The zero-order chi connectivity index (χ0) is 18.2. The highest BCUT2D eigenvalue weighted by Gasteiger charge is 2.12. The Bertz CT molecular complexity index is 725. The van der Waals surface area contributed by atoms with Crippen LogP contribution in [0.1, 0.15) is 34.0 Å². The van der Waals surface area contributed by atoms with E-state index in [1.54, 1.807) is 24.3 Å². The first-order valence-electron chi connectivity index (χ1n) is 8.07. The number of rotatable bonds is 7. The van der Waals surface area contributed by atoms with Crippen LogP contribution in [-0.2, 0) is 11.2 Å². The van der Waals surface area contributed by atoms with Crippen LogP contribution in [0.15, 0.2) is 30.3 Å². The topological polar surface area (TPSA) is 76.7 Å². The first kappa shape index (κ1) is 18.8. The van der Waals surface area contributed by atoms with Crippen LogP contribution in [0.2, 0.25) is 0 Å². The second-order valence-corrected chi connectivity index (χ2v) is 6.40. The highest BCUT2D eigenvalue weighted by molar-refractivity contribution is 7.14. The molecular weight excluding hydrogens is 340 g/mol. The van der Waals surface area contributed by atoms with Crippen LogP contribution >= 0.6 is 11.3 Å². The quantitative estimate of drug-likeness (QED) is 0.743. The van der Waals surface area contributed by atoms with Crippen LogP contribution in [-0.4, -0.2) is 25.0 Å². The summed E-state index contributed by atoms with van der Waals surface area (Å²) in [5, 5.41) is 0. The van der Waals surface area contributed by atoms with E-state index in [0.717, 1.165) is 22.6 Å². The fraction of sp³-hybridized carbons (Fsp3) is 0.333. The number of carbonyl (C=O) groups is 2. The van der Waals surface area contributed by atoms with Crippen molar-refractivity contribution in [2.75, 3.05) is 13.2 Å². The molecule has 0 aliphatic heterocycles. The van der Waals surface area contributed by atoms with Gasteiger partial charge in [0.25, 0.3) is 11.8 Å². The summed E-state index contributed by atoms with van der Waals surface area (Å²) in [4.78, 5) is 25.5. The van der Waals surface area contributed by atoms with E-state index in [0.29, 0.717) is 17.2 Å². The zero-order valence-corrected chi connectivity index (χ0v) is 15.4. The summed E-state index contributed by atoms with van der Waals surface area (Å²) < 4.78 is 10.7. The number of hydrogen-bond donors (Lipinski definition) is 2. The van der Waals surface area contributed by atoms with Crippen LogP contribution in [0.5, 0.6) is 11.5 Å². The summed E-state index contributed by atoms with van der Waals surface area (Å²) in [5.41, 5.74) is 5.83. The molecule has 0 fully saturated rings. The van der Waals surface area contributed by atoms with Gasteiger partial charge in [0, 0.05) is 4.88 Å². The minimum absolute atomic E-state index is 0.196. The third kappa shape index (κ3) is 5.49. The molecule has 0 aliphatic carbocycles. The number of carbonyl (C=O) groups excluding carboxylic acids is 2. The third-order valence-electron chi connectivity index (χ3n) is 3.39. The standard InChI is InChI=1S/C18H22N2O4S/c1-4-15-12(3)10-16(25-15)18(22)20-19-17(21)11-24-14-8-6-13(7-9-14)23-5-2/h6-10H,4-5,11H2,1-3H3,(H,19,21)(H,20,22). The first-order chi connectivity index (χ1) is 12.0. The van der Waals surface area contributed by atoms with Crippen LogP contribution in [0.4, 0.5) is 0 Å². The van der Waals surface area contributed by atoms with Gasteiger partial charge in [-0.2, -0.15) is 0 Å². The molecule has 0 unspecified atom stereocenters. The molecule has 6 nitrogen and oxygen atoms in total. The third-order valence-corrected chi connectivity index (χ3v) is 4.77. The van der Waals surface area contributed by atoms with E-state index in [4.69, 9.17) is 9.47 Å². The lowest BCUT2D eigenvalue weighted by Crippen LogP contribution is -2.43. The normalized spacial score (nSPS) is 10.2. The number of nitrogens with one attached hydrogen (secondary N) is 2. The Morgan fingerprint density at radius 3 is 2.24 bits per heavy atom. The van der Waals surface area contributed by atoms with E-state index in [9.17, 15) is 9.59 Å². The van der Waals surface area contributed by atoms with Crippen molar-refractivity contribution in [2.45, 2.75) is 27.2 Å². The van der Waals surface area contributed by atoms with Gasteiger partial charge in [-0.15, -0.1) is 11.3 Å². The molecule has 0 bridgehead atoms. The Labute approximate surface area is 151 Å². The van der Waals surface area contributed by atoms with Crippen molar-refractivity contribution in [3.63, 3.8) is 0 Å². The van der Waals surface area contributed by atoms with Crippen molar-refractivity contribution in [3.8, 4) is 11.5 Å². The smallest absolute Gasteiger partial charge is 0.279 e. The number of hydrazine groups is 1. The zero-order valence-electron chi connectivity index (χ0n) is 14.5. The molecule has 0 atom stereocenters. The SMILES string of the molecule is CCOc1ccc(OCC(=O)NNC(=O)c2cc(C)c(CC)s2)cc1. The van der Waals surface area contributed by atoms with E-state index in [1.807, 2.05) is 26.8 Å². The Balaban J connectivity index is 1.77. The van der Waals surface area contributed by atoms with E-state index in [2.05, 4.69) is 10.9 Å². The lowest BCUT2D eigenvalue weighted by Gasteiger charge is -2.09. The highest BCUT2D eigenvalue weighted by Crippen LogP contribution is 2.22.